The van der Waals surface area contributed by atoms with Gasteiger partial charge in [0.05, 0.1) is 29.3 Å². The van der Waals surface area contributed by atoms with E-state index in [0.717, 1.165) is 5.56 Å². The van der Waals surface area contributed by atoms with Gasteiger partial charge in [-0.15, -0.1) is 8.78 Å². The molecule has 6 rings (SSSR count). The van der Waals surface area contributed by atoms with Crippen molar-refractivity contribution in [2.45, 2.75) is 50.0 Å². The van der Waals surface area contributed by atoms with Crippen molar-refractivity contribution in [1.29, 1.82) is 0 Å². The Kier molecular flexibility index (Phi) is 5.70. The van der Waals surface area contributed by atoms with Crippen LogP contribution >= 0.6 is 0 Å². The quantitative estimate of drug-likeness (QED) is 0.456. The first-order valence-electron chi connectivity index (χ1n) is 12.4. The number of alkyl halides is 2. The summed E-state index contributed by atoms with van der Waals surface area (Å²) in [6.45, 7) is 2.00. The first kappa shape index (κ1) is 24.1. The fraction of sp³-hybridized carbons (Fsp3) is 0.321. The van der Waals surface area contributed by atoms with E-state index in [-0.39, 0.29) is 30.1 Å². The number of pyridine rings is 1. The second-order valence-corrected chi connectivity index (χ2v) is 9.51. The molecule has 1 aliphatic carbocycles. The number of hydrogen-bond donors (Lipinski definition) is 1. The predicted molar refractivity (Wildman–Crippen MR) is 129 cm³/mol. The summed E-state index contributed by atoms with van der Waals surface area (Å²) in [6.07, 6.45) is -1.15. The Morgan fingerprint density at radius 3 is 2.58 bits per heavy atom. The number of fused-ring (bicyclic) bond motifs is 2. The van der Waals surface area contributed by atoms with Gasteiger partial charge in [0.15, 0.2) is 11.5 Å². The van der Waals surface area contributed by atoms with Gasteiger partial charge < -0.3 is 24.3 Å². The first-order valence-corrected chi connectivity index (χ1v) is 12.4. The fourth-order valence-electron chi connectivity index (χ4n) is 4.98. The lowest BCUT2D eigenvalue weighted by Crippen LogP contribution is -2.39. The minimum absolute atomic E-state index is 0.0577. The van der Waals surface area contributed by atoms with Crippen LogP contribution in [-0.4, -0.2) is 29.8 Å². The number of nitrogens with zero attached hydrogens (tertiary/aromatic N) is 1. The van der Waals surface area contributed by atoms with E-state index < -0.39 is 23.8 Å². The summed E-state index contributed by atoms with van der Waals surface area (Å²) in [6, 6.07) is 14.9. The third-order valence-corrected chi connectivity index (χ3v) is 7.08. The predicted octanol–water partition coefficient (Wildman–Crippen LogP) is 4.99. The second kappa shape index (κ2) is 8.97. The normalized spacial score (nSPS) is 21.6. The van der Waals surface area contributed by atoms with Gasteiger partial charge in [-0.3, -0.25) is 9.78 Å². The number of benzene rings is 2. The topological polar surface area (TPSA) is 96.0 Å². The lowest BCUT2D eigenvalue weighted by Gasteiger charge is -2.33. The van der Waals surface area contributed by atoms with Crippen LogP contribution in [0.1, 0.15) is 65.5 Å². The number of amides is 1. The molecule has 2 atom stereocenters. The molecule has 0 radical (unpaired) electrons. The first-order chi connectivity index (χ1) is 18.3. The van der Waals surface area contributed by atoms with E-state index in [0.29, 0.717) is 41.8 Å². The molecule has 196 valence electrons. The van der Waals surface area contributed by atoms with Crippen LogP contribution in [0.4, 0.5) is 8.78 Å². The molecule has 2 aliphatic heterocycles. The van der Waals surface area contributed by atoms with Gasteiger partial charge in [0.1, 0.15) is 11.9 Å². The summed E-state index contributed by atoms with van der Waals surface area (Å²) in [7, 11) is 0. The van der Waals surface area contributed by atoms with Crippen LogP contribution in [-0.2, 0) is 14.9 Å². The number of aromatic nitrogens is 1. The lowest BCUT2D eigenvalue weighted by molar-refractivity contribution is -0.286. The molecule has 3 aromatic rings. The summed E-state index contributed by atoms with van der Waals surface area (Å²) >= 11 is 0. The van der Waals surface area contributed by atoms with Crippen LogP contribution < -0.4 is 19.5 Å². The van der Waals surface area contributed by atoms with Gasteiger partial charge in [-0.05, 0) is 55.7 Å². The Hall–Kier alpha value is -4.21. The minimum Gasteiger partial charge on any atom is -0.484 e. The van der Waals surface area contributed by atoms with E-state index in [9.17, 15) is 18.4 Å². The lowest BCUT2D eigenvalue weighted by atomic mass is 9.91. The minimum atomic E-state index is -3.72. The van der Waals surface area contributed by atoms with Crippen LogP contribution in [0, 0.1) is 0 Å². The fourth-order valence-corrected chi connectivity index (χ4v) is 4.98. The van der Waals surface area contributed by atoms with Crippen molar-refractivity contribution in [3.63, 3.8) is 0 Å². The molecule has 3 heterocycles. The molecule has 0 unspecified atom stereocenters. The van der Waals surface area contributed by atoms with Crippen LogP contribution in [0.3, 0.4) is 0 Å². The van der Waals surface area contributed by atoms with E-state index in [1.807, 2.05) is 24.3 Å². The average Bonchev–Trinajstić information content (AvgIpc) is 3.66. The van der Waals surface area contributed by atoms with E-state index in [4.69, 9.17) is 9.47 Å². The van der Waals surface area contributed by atoms with Crippen molar-refractivity contribution >= 4 is 11.9 Å². The SMILES string of the molecule is CCOC(=O)c1ccc([C@H]2C[C@@H](NC(=O)C3(c4ccc5c(c4)OC(F)(F)O5)CC3)c3ccccc3O2)nc1. The highest BCUT2D eigenvalue weighted by atomic mass is 19.3. The number of ether oxygens (including phenoxy) is 4. The van der Waals surface area contributed by atoms with Gasteiger partial charge in [-0.25, -0.2) is 4.79 Å². The zero-order valence-electron chi connectivity index (χ0n) is 20.4. The van der Waals surface area contributed by atoms with Gasteiger partial charge in [0, 0.05) is 18.2 Å². The molecule has 1 aromatic heterocycles. The van der Waals surface area contributed by atoms with Crippen LogP contribution in [0.5, 0.6) is 17.2 Å². The molecule has 38 heavy (non-hydrogen) atoms. The maximum Gasteiger partial charge on any atom is 0.586 e. The smallest absolute Gasteiger partial charge is 0.484 e. The third kappa shape index (κ3) is 4.29. The largest absolute Gasteiger partial charge is 0.586 e. The molecule has 1 fully saturated rings. The number of para-hydroxylation sites is 1. The van der Waals surface area contributed by atoms with Gasteiger partial charge in [0.2, 0.25) is 5.91 Å². The number of carbonyl (C=O) groups is 2. The van der Waals surface area contributed by atoms with Crippen LogP contribution in [0.2, 0.25) is 0 Å². The summed E-state index contributed by atoms with van der Waals surface area (Å²) in [5.74, 6) is -0.165. The zero-order valence-corrected chi connectivity index (χ0v) is 20.4. The van der Waals surface area contributed by atoms with Crippen molar-refractivity contribution in [3.05, 3.63) is 83.2 Å². The molecule has 2 aromatic carbocycles. The Labute approximate surface area is 216 Å². The highest BCUT2D eigenvalue weighted by molar-refractivity contribution is 5.92. The highest BCUT2D eigenvalue weighted by Crippen LogP contribution is 2.52. The monoisotopic (exact) mass is 522 g/mol. The van der Waals surface area contributed by atoms with Crippen molar-refractivity contribution in [1.82, 2.24) is 10.3 Å². The van der Waals surface area contributed by atoms with Crippen molar-refractivity contribution in [2.75, 3.05) is 6.61 Å². The van der Waals surface area contributed by atoms with Crippen LogP contribution in [0.15, 0.2) is 60.8 Å². The molecule has 0 bridgehead atoms. The number of halogens is 2. The van der Waals surface area contributed by atoms with Gasteiger partial charge in [0.25, 0.3) is 0 Å². The summed E-state index contributed by atoms with van der Waals surface area (Å²) in [4.78, 5) is 30.0. The molecule has 1 N–H and O–H groups in total. The Morgan fingerprint density at radius 1 is 1.05 bits per heavy atom. The molecular weight excluding hydrogens is 498 g/mol. The van der Waals surface area contributed by atoms with Crippen molar-refractivity contribution in [3.8, 4) is 17.2 Å². The Morgan fingerprint density at radius 2 is 1.84 bits per heavy atom. The molecule has 0 saturated heterocycles. The Bertz CT molecular complexity index is 1410. The molecule has 1 saturated carbocycles. The summed E-state index contributed by atoms with van der Waals surface area (Å²) in [5.41, 5.74) is 1.56. The maximum atomic E-state index is 13.6. The molecule has 8 nitrogen and oxygen atoms in total. The van der Waals surface area contributed by atoms with Gasteiger partial charge >= 0.3 is 12.3 Å². The molecule has 3 aliphatic rings. The van der Waals surface area contributed by atoms with E-state index in [1.54, 1.807) is 25.1 Å². The number of esters is 1. The number of nitrogens with one attached hydrogen (secondary N) is 1. The average molecular weight is 523 g/mol. The van der Waals surface area contributed by atoms with E-state index in [1.165, 1.54) is 18.3 Å². The molecular formula is C28H24F2N2O6. The van der Waals surface area contributed by atoms with Gasteiger partial charge in [-0.1, -0.05) is 24.3 Å². The molecule has 1 amide bonds. The third-order valence-electron chi connectivity index (χ3n) is 7.08. The molecule has 10 heteroatoms. The zero-order chi connectivity index (χ0) is 26.5. The number of rotatable bonds is 6. The summed E-state index contributed by atoms with van der Waals surface area (Å²) in [5, 5.41) is 3.17. The summed E-state index contributed by atoms with van der Waals surface area (Å²) < 4.78 is 47.3. The van der Waals surface area contributed by atoms with Crippen molar-refractivity contribution in [2.24, 2.45) is 0 Å². The molecule has 0 spiro atoms. The standard InChI is InChI=1S/C28H24F2N2O6/c1-2-35-25(33)16-7-9-19(31-15-16)23-14-20(18-5-3-4-6-21(18)36-23)32-26(34)27(11-12-27)17-8-10-22-24(13-17)38-28(29,30)37-22/h3-10,13,15,20,23H,2,11-12,14H2,1H3,(H,32,34)/t20-,23-/m1/s1. The number of hydrogen-bond acceptors (Lipinski definition) is 7. The van der Waals surface area contributed by atoms with Gasteiger partial charge in [-0.2, -0.15) is 0 Å². The van der Waals surface area contributed by atoms with E-state index >= 15 is 0 Å². The van der Waals surface area contributed by atoms with Crippen molar-refractivity contribution < 1.29 is 37.3 Å². The highest BCUT2D eigenvalue weighted by Gasteiger charge is 2.53. The Balaban J connectivity index is 1.23. The number of carbonyl (C=O) groups excluding carboxylic acids is 2. The van der Waals surface area contributed by atoms with Crippen LogP contribution in [0.25, 0.3) is 0 Å². The van der Waals surface area contributed by atoms with E-state index in [2.05, 4.69) is 19.8 Å². The second-order valence-electron chi connectivity index (χ2n) is 9.51. The maximum absolute atomic E-state index is 13.6.